The molecule has 4 nitrogen and oxygen atoms in total. The molecule has 0 aliphatic carbocycles. The van der Waals surface area contributed by atoms with Gasteiger partial charge >= 0.3 is 5.97 Å². The largest absolute Gasteiger partial charge is 0.469 e. The summed E-state index contributed by atoms with van der Waals surface area (Å²) in [6, 6.07) is 0.685. The Hall–Kier alpha value is -0.610. The lowest BCUT2D eigenvalue weighted by molar-refractivity contribution is -0.144. The Labute approximate surface area is 105 Å². The number of hydrogen-bond donors (Lipinski definition) is 0. The van der Waals surface area contributed by atoms with Gasteiger partial charge in [-0.05, 0) is 34.7 Å². The molecule has 1 rings (SSSR count). The monoisotopic (exact) mass is 242 g/mol. The summed E-state index contributed by atoms with van der Waals surface area (Å²) in [5.74, 6) is -0.119. The molecule has 0 aromatic heterocycles. The van der Waals surface area contributed by atoms with Crippen molar-refractivity contribution >= 4 is 5.97 Å². The SMILES string of the molecule is COC(=O)CC1CN(C)CC(C)(C)N1C(C)C. The van der Waals surface area contributed by atoms with Gasteiger partial charge in [0.25, 0.3) is 0 Å². The van der Waals surface area contributed by atoms with Crippen LogP contribution in [0.4, 0.5) is 0 Å². The number of esters is 1. The summed E-state index contributed by atoms with van der Waals surface area (Å²) >= 11 is 0. The fraction of sp³-hybridized carbons (Fsp3) is 0.923. The van der Waals surface area contributed by atoms with E-state index < -0.39 is 0 Å². The van der Waals surface area contributed by atoms with E-state index in [2.05, 4.69) is 44.5 Å². The predicted octanol–water partition coefficient (Wildman–Crippen LogP) is 1.35. The van der Waals surface area contributed by atoms with Crippen LogP contribution in [0, 0.1) is 0 Å². The molecule has 4 heteroatoms. The van der Waals surface area contributed by atoms with Gasteiger partial charge in [-0.15, -0.1) is 0 Å². The average Bonchev–Trinajstić information content (AvgIpc) is 2.13. The van der Waals surface area contributed by atoms with Crippen molar-refractivity contribution in [2.24, 2.45) is 0 Å². The third-order valence-electron chi connectivity index (χ3n) is 3.46. The van der Waals surface area contributed by atoms with Crippen molar-refractivity contribution in [2.45, 2.75) is 51.7 Å². The molecule has 0 saturated carbocycles. The molecule has 1 aliphatic heterocycles. The average molecular weight is 242 g/mol. The van der Waals surface area contributed by atoms with Gasteiger partial charge in [-0.3, -0.25) is 9.69 Å². The molecule has 1 aliphatic rings. The predicted molar refractivity (Wildman–Crippen MR) is 69.0 cm³/mol. The van der Waals surface area contributed by atoms with Crippen LogP contribution in [0.15, 0.2) is 0 Å². The third kappa shape index (κ3) is 3.42. The van der Waals surface area contributed by atoms with Crippen molar-refractivity contribution in [3.05, 3.63) is 0 Å². The maximum Gasteiger partial charge on any atom is 0.307 e. The van der Waals surface area contributed by atoms with Crippen molar-refractivity contribution in [1.82, 2.24) is 9.80 Å². The molecule has 0 aromatic carbocycles. The molecule has 1 saturated heterocycles. The molecule has 0 spiro atoms. The minimum atomic E-state index is -0.119. The second kappa shape index (κ2) is 5.36. The smallest absolute Gasteiger partial charge is 0.307 e. The van der Waals surface area contributed by atoms with Crippen LogP contribution in [0.25, 0.3) is 0 Å². The molecule has 0 amide bonds. The standard InChI is InChI=1S/C13H26N2O2/c1-10(2)15-11(7-12(16)17-6)8-14(5)9-13(15,3)4/h10-11H,7-9H2,1-6H3. The fourth-order valence-electron chi connectivity index (χ4n) is 3.31. The van der Waals surface area contributed by atoms with Crippen LogP contribution in [0.2, 0.25) is 0 Å². The Bertz CT molecular complexity index is 277. The number of nitrogens with zero attached hydrogens (tertiary/aromatic N) is 2. The van der Waals surface area contributed by atoms with E-state index in [1.807, 2.05) is 0 Å². The molecule has 0 bridgehead atoms. The molecule has 0 aromatic rings. The van der Waals surface area contributed by atoms with Crippen molar-refractivity contribution in [3.8, 4) is 0 Å². The normalized spacial score (nSPS) is 26.2. The molecule has 0 N–H and O–H groups in total. The number of piperazine rings is 1. The first-order chi connectivity index (χ1) is 7.77. The van der Waals surface area contributed by atoms with Gasteiger partial charge in [0.1, 0.15) is 0 Å². The van der Waals surface area contributed by atoms with Gasteiger partial charge in [-0.25, -0.2) is 0 Å². The van der Waals surface area contributed by atoms with Crippen molar-refractivity contribution in [1.29, 1.82) is 0 Å². The van der Waals surface area contributed by atoms with E-state index in [0.717, 1.165) is 13.1 Å². The lowest BCUT2D eigenvalue weighted by Crippen LogP contribution is -2.65. The fourth-order valence-corrected chi connectivity index (χ4v) is 3.31. The van der Waals surface area contributed by atoms with Crippen LogP contribution in [0.3, 0.4) is 0 Å². The minimum absolute atomic E-state index is 0.0971. The van der Waals surface area contributed by atoms with Crippen molar-refractivity contribution in [2.75, 3.05) is 27.2 Å². The molecule has 17 heavy (non-hydrogen) atoms. The summed E-state index contributed by atoms with van der Waals surface area (Å²) < 4.78 is 4.80. The Morgan fingerprint density at radius 2 is 2.06 bits per heavy atom. The molecular weight excluding hydrogens is 216 g/mol. The number of hydrogen-bond acceptors (Lipinski definition) is 4. The number of rotatable bonds is 3. The molecular formula is C13H26N2O2. The zero-order valence-corrected chi connectivity index (χ0v) is 12.0. The topological polar surface area (TPSA) is 32.8 Å². The summed E-state index contributed by atoms with van der Waals surface area (Å²) in [4.78, 5) is 16.2. The van der Waals surface area contributed by atoms with E-state index in [4.69, 9.17) is 4.74 Å². The Morgan fingerprint density at radius 3 is 2.53 bits per heavy atom. The van der Waals surface area contributed by atoms with Gasteiger partial charge < -0.3 is 9.64 Å². The number of carbonyl (C=O) groups is 1. The van der Waals surface area contributed by atoms with Gasteiger partial charge in [-0.2, -0.15) is 0 Å². The molecule has 100 valence electrons. The minimum Gasteiger partial charge on any atom is -0.469 e. The van der Waals surface area contributed by atoms with Gasteiger partial charge in [0.15, 0.2) is 0 Å². The van der Waals surface area contributed by atoms with Crippen LogP contribution < -0.4 is 0 Å². The molecule has 1 heterocycles. The summed E-state index contributed by atoms with van der Waals surface area (Å²) in [7, 11) is 3.57. The first-order valence-electron chi connectivity index (χ1n) is 6.31. The molecule has 1 atom stereocenters. The molecule has 1 fully saturated rings. The van der Waals surface area contributed by atoms with Crippen LogP contribution >= 0.6 is 0 Å². The maximum absolute atomic E-state index is 11.5. The van der Waals surface area contributed by atoms with Crippen molar-refractivity contribution in [3.63, 3.8) is 0 Å². The second-order valence-electron chi connectivity index (χ2n) is 5.94. The Morgan fingerprint density at radius 1 is 1.47 bits per heavy atom. The van der Waals surface area contributed by atoms with Crippen LogP contribution in [-0.4, -0.2) is 60.6 Å². The van der Waals surface area contributed by atoms with Gasteiger partial charge in [0, 0.05) is 30.7 Å². The number of ether oxygens (including phenoxy) is 1. The van der Waals surface area contributed by atoms with E-state index >= 15 is 0 Å². The second-order valence-corrected chi connectivity index (χ2v) is 5.94. The van der Waals surface area contributed by atoms with E-state index in [9.17, 15) is 4.79 Å². The first-order valence-corrected chi connectivity index (χ1v) is 6.31. The number of likely N-dealkylation sites (N-methyl/N-ethyl adjacent to an activating group) is 1. The highest BCUT2D eigenvalue weighted by Crippen LogP contribution is 2.28. The highest BCUT2D eigenvalue weighted by Gasteiger charge is 2.40. The maximum atomic E-state index is 11.5. The lowest BCUT2D eigenvalue weighted by atomic mass is 9.92. The summed E-state index contributed by atoms with van der Waals surface area (Å²) in [6.45, 7) is 10.8. The highest BCUT2D eigenvalue weighted by molar-refractivity contribution is 5.70. The number of methoxy groups -OCH3 is 1. The van der Waals surface area contributed by atoms with Crippen LogP contribution in [0.5, 0.6) is 0 Å². The highest BCUT2D eigenvalue weighted by atomic mass is 16.5. The first kappa shape index (κ1) is 14.5. The zero-order valence-electron chi connectivity index (χ0n) is 12.0. The number of carbonyl (C=O) groups excluding carboxylic acids is 1. The quantitative estimate of drug-likeness (QED) is 0.700. The summed E-state index contributed by atoms with van der Waals surface area (Å²) in [5.41, 5.74) is 0.0971. The lowest BCUT2D eigenvalue weighted by Gasteiger charge is -2.53. The zero-order chi connectivity index (χ0) is 13.2. The van der Waals surface area contributed by atoms with Crippen LogP contribution in [-0.2, 0) is 9.53 Å². The molecule has 1 unspecified atom stereocenters. The Kier molecular flexibility index (Phi) is 4.55. The van der Waals surface area contributed by atoms with Crippen LogP contribution in [0.1, 0.15) is 34.1 Å². The third-order valence-corrected chi connectivity index (χ3v) is 3.46. The van der Waals surface area contributed by atoms with Crippen molar-refractivity contribution < 1.29 is 9.53 Å². The molecule has 0 radical (unpaired) electrons. The summed E-state index contributed by atoms with van der Waals surface area (Å²) in [5, 5.41) is 0. The van der Waals surface area contributed by atoms with Gasteiger partial charge in [-0.1, -0.05) is 0 Å². The van der Waals surface area contributed by atoms with Gasteiger partial charge in [0.05, 0.1) is 13.5 Å². The Balaban J connectivity index is 2.86. The van der Waals surface area contributed by atoms with E-state index in [1.54, 1.807) is 0 Å². The van der Waals surface area contributed by atoms with Gasteiger partial charge in [0.2, 0.25) is 0 Å². The van der Waals surface area contributed by atoms with E-state index in [-0.39, 0.29) is 17.6 Å². The van der Waals surface area contributed by atoms with E-state index in [0.29, 0.717) is 12.5 Å². The summed E-state index contributed by atoms with van der Waals surface area (Å²) in [6.07, 6.45) is 0.475. The van der Waals surface area contributed by atoms with E-state index in [1.165, 1.54) is 7.11 Å².